The second-order valence-corrected chi connectivity index (χ2v) is 6.79. The molecule has 29 heavy (non-hydrogen) atoms. The van der Waals surface area contributed by atoms with E-state index in [2.05, 4.69) is 16.0 Å². The lowest BCUT2D eigenvalue weighted by Crippen LogP contribution is -2.43. The summed E-state index contributed by atoms with van der Waals surface area (Å²) in [4.78, 5) is 49.2. The lowest BCUT2D eigenvalue weighted by molar-refractivity contribution is -0.153. The number of esters is 1. The van der Waals surface area contributed by atoms with Gasteiger partial charge in [0.05, 0.1) is 12.5 Å². The molecule has 0 spiro atoms. The number of rotatable bonds is 8. The monoisotopic (exact) mass is 404 g/mol. The van der Waals surface area contributed by atoms with E-state index in [0.29, 0.717) is 38.2 Å². The van der Waals surface area contributed by atoms with E-state index in [1.165, 1.54) is 0 Å². The highest BCUT2D eigenvalue weighted by Crippen LogP contribution is 2.19. The molecule has 0 unspecified atom stereocenters. The fourth-order valence-electron chi connectivity index (χ4n) is 2.85. The Labute approximate surface area is 170 Å². The molecule has 0 saturated carbocycles. The number of benzene rings is 1. The van der Waals surface area contributed by atoms with Crippen LogP contribution in [0.5, 0.6) is 0 Å². The molecule has 1 aromatic carbocycles. The van der Waals surface area contributed by atoms with Crippen LogP contribution in [0.1, 0.15) is 26.2 Å². The number of para-hydroxylation sites is 1. The topological polar surface area (TPSA) is 117 Å². The molecule has 1 aromatic rings. The molecule has 1 saturated heterocycles. The minimum absolute atomic E-state index is 0.148. The molecule has 1 aliphatic rings. The first-order valence-corrected chi connectivity index (χ1v) is 9.80. The van der Waals surface area contributed by atoms with Gasteiger partial charge in [-0.25, -0.2) is 4.79 Å². The average Bonchev–Trinajstić information content (AvgIpc) is 2.75. The van der Waals surface area contributed by atoms with Crippen LogP contribution in [0.3, 0.4) is 0 Å². The highest BCUT2D eigenvalue weighted by atomic mass is 16.5. The summed E-state index contributed by atoms with van der Waals surface area (Å²) in [7, 11) is 0. The molecule has 1 aliphatic heterocycles. The van der Waals surface area contributed by atoms with E-state index in [0.717, 1.165) is 6.42 Å². The van der Waals surface area contributed by atoms with Crippen LogP contribution in [-0.2, 0) is 19.1 Å². The van der Waals surface area contributed by atoms with Gasteiger partial charge in [0.15, 0.2) is 6.61 Å². The zero-order valence-corrected chi connectivity index (χ0v) is 16.6. The number of likely N-dealkylation sites (tertiary alicyclic amines) is 1. The highest BCUT2D eigenvalue weighted by molar-refractivity contribution is 5.89. The maximum atomic E-state index is 12.3. The molecule has 0 radical (unpaired) electrons. The minimum Gasteiger partial charge on any atom is -0.455 e. The van der Waals surface area contributed by atoms with Gasteiger partial charge in [-0.05, 0) is 31.4 Å². The van der Waals surface area contributed by atoms with E-state index in [1.807, 2.05) is 25.1 Å². The SMILES string of the molecule is CCCNC(=O)CNC(=O)COC(=O)C1CCN(C(=O)Nc2ccccc2)CC1. The van der Waals surface area contributed by atoms with Gasteiger partial charge in [0.1, 0.15) is 0 Å². The van der Waals surface area contributed by atoms with Gasteiger partial charge in [0.2, 0.25) is 5.91 Å². The van der Waals surface area contributed by atoms with Gasteiger partial charge in [-0.3, -0.25) is 14.4 Å². The van der Waals surface area contributed by atoms with Crippen LogP contribution in [-0.4, -0.2) is 61.5 Å². The Morgan fingerprint density at radius 2 is 1.72 bits per heavy atom. The molecule has 3 N–H and O–H groups in total. The van der Waals surface area contributed by atoms with Crippen molar-refractivity contribution in [2.45, 2.75) is 26.2 Å². The molecule has 0 aliphatic carbocycles. The number of hydrogen-bond donors (Lipinski definition) is 3. The number of amides is 4. The van der Waals surface area contributed by atoms with E-state index in [9.17, 15) is 19.2 Å². The number of hydrogen-bond acceptors (Lipinski definition) is 5. The van der Waals surface area contributed by atoms with Crippen LogP contribution in [0.4, 0.5) is 10.5 Å². The van der Waals surface area contributed by atoms with E-state index < -0.39 is 18.5 Å². The van der Waals surface area contributed by atoms with Crippen LogP contribution >= 0.6 is 0 Å². The molecule has 2 rings (SSSR count). The number of piperidine rings is 1. The number of ether oxygens (including phenoxy) is 1. The summed E-state index contributed by atoms with van der Waals surface area (Å²) in [5.41, 5.74) is 0.716. The summed E-state index contributed by atoms with van der Waals surface area (Å²) >= 11 is 0. The highest BCUT2D eigenvalue weighted by Gasteiger charge is 2.28. The first-order valence-electron chi connectivity index (χ1n) is 9.80. The van der Waals surface area contributed by atoms with Crippen molar-refractivity contribution in [3.8, 4) is 0 Å². The number of nitrogens with one attached hydrogen (secondary N) is 3. The van der Waals surface area contributed by atoms with Gasteiger partial charge >= 0.3 is 12.0 Å². The molecular weight excluding hydrogens is 376 g/mol. The maximum absolute atomic E-state index is 12.3. The van der Waals surface area contributed by atoms with Gasteiger partial charge in [0.25, 0.3) is 5.91 Å². The van der Waals surface area contributed by atoms with Crippen LogP contribution in [0, 0.1) is 5.92 Å². The van der Waals surface area contributed by atoms with Crippen LogP contribution in [0.2, 0.25) is 0 Å². The molecule has 0 bridgehead atoms. The Kier molecular flexibility index (Phi) is 8.94. The van der Waals surface area contributed by atoms with Crippen molar-refractivity contribution in [3.63, 3.8) is 0 Å². The van der Waals surface area contributed by atoms with E-state index in [1.54, 1.807) is 17.0 Å². The number of carbonyl (C=O) groups excluding carboxylic acids is 4. The zero-order chi connectivity index (χ0) is 21.1. The van der Waals surface area contributed by atoms with Gasteiger partial charge in [-0.1, -0.05) is 25.1 Å². The number of urea groups is 1. The summed E-state index contributed by atoms with van der Waals surface area (Å²) in [5.74, 6) is -1.62. The predicted octanol–water partition coefficient (Wildman–Crippen LogP) is 1.12. The lowest BCUT2D eigenvalue weighted by atomic mass is 9.97. The molecule has 9 heteroatoms. The molecule has 0 aromatic heterocycles. The van der Waals surface area contributed by atoms with Crippen LogP contribution in [0.25, 0.3) is 0 Å². The first kappa shape index (κ1) is 22.2. The Balaban J connectivity index is 1.64. The van der Waals surface area contributed by atoms with Crippen molar-refractivity contribution >= 4 is 29.5 Å². The first-order chi connectivity index (χ1) is 14.0. The lowest BCUT2D eigenvalue weighted by Gasteiger charge is -2.30. The van der Waals surface area contributed by atoms with Crippen molar-refractivity contribution < 1.29 is 23.9 Å². The van der Waals surface area contributed by atoms with E-state index in [-0.39, 0.29) is 24.4 Å². The summed E-state index contributed by atoms with van der Waals surface area (Å²) in [6, 6.07) is 8.95. The summed E-state index contributed by atoms with van der Waals surface area (Å²) < 4.78 is 5.05. The fraction of sp³-hybridized carbons (Fsp3) is 0.500. The second kappa shape index (κ2) is 11.7. The Morgan fingerprint density at radius 3 is 2.38 bits per heavy atom. The quantitative estimate of drug-likeness (QED) is 0.561. The van der Waals surface area contributed by atoms with Gasteiger partial charge in [0, 0.05) is 25.3 Å². The smallest absolute Gasteiger partial charge is 0.321 e. The van der Waals surface area contributed by atoms with Gasteiger partial charge < -0.3 is 25.6 Å². The third-order valence-electron chi connectivity index (χ3n) is 4.50. The molecule has 158 valence electrons. The molecule has 1 heterocycles. The predicted molar refractivity (Wildman–Crippen MR) is 107 cm³/mol. The van der Waals surface area contributed by atoms with Crippen molar-refractivity contribution in [3.05, 3.63) is 30.3 Å². The van der Waals surface area contributed by atoms with Crippen molar-refractivity contribution in [1.29, 1.82) is 0 Å². The fourth-order valence-corrected chi connectivity index (χ4v) is 2.85. The molecule has 0 atom stereocenters. The Hall–Kier alpha value is -3.10. The average molecular weight is 404 g/mol. The standard InChI is InChI=1S/C20H28N4O5/c1-2-10-21-17(25)13-22-18(26)14-29-19(27)15-8-11-24(12-9-15)20(28)23-16-6-4-3-5-7-16/h3-7,15H,2,8-14H2,1H3,(H,21,25)(H,22,26)(H,23,28). The normalized spacial score (nSPS) is 14.0. The summed E-state index contributed by atoms with van der Waals surface area (Å²) in [6.45, 7) is 2.77. The summed E-state index contributed by atoms with van der Waals surface area (Å²) in [6.07, 6.45) is 1.76. The third-order valence-corrected chi connectivity index (χ3v) is 4.50. The van der Waals surface area contributed by atoms with Crippen LogP contribution in [0.15, 0.2) is 30.3 Å². The summed E-state index contributed by atoms with van der Waals surface area (Å²) in [5, 5.41) is 7.86. The van der Waals surface area contributed by atoms with Gasteiger partial charge in [-0.15, -0.1) is 0 Å². The van der Waals surface area contributed by atoms with Crippen molar-refractivity contribution in [2.75, 3.05) is 38.1 Å². The Bertz CT molecular complexity index is 702. The van der Waals surface area contributed by atoms with Crippen molar-refractivity contribution in [1.82, 2.24) is 15.5 Å². The largest absolute Gasteiger partial charge is 0.455 e. The third kappa shape index (κ3) is 7.81. The van der Waals surface area contributed by atoms with E-state index in [4.69, 9.17) is 4.74 Å². The second-order valence-electron chi connectivity index (χ2n) is 6.79. The minimum atomic E-state index is -0.523. The maximum Gasteiger partial charge on any atom is 0.321 e. The van der Waals surface area contributed by atoms with Crippen LogP contribution < -0.4 is 16.0 Å². The molecule has 1 fully saturated rings. The molecule has 4 amide bonds. The van der Waals surface area contributed by atoms with E-state index >= 15 is 0 Å². The number of nitrogens with zero attached hydrogens (tertiary/aromatic N) is 1. The number of anilines is 1. The van der Waals surface area contributed by atoms with Crippen molar-refractivity contribution in [2.24, 2.45) is 5.92 Å². The molecule has 9 nitrogen and oxygen atoms in total. The number of carbonyl (C=O) groups is 4. The molecular formula is C20H28N4O5. The Morgan fingerprint density at radius 1 is 1.03 bits per heavy atom. The zero-order valence-electron chi connectivity index (χ0n) is 16.6. The van der Waals surface area contributed by atoms with Gasteiger partial charge in [-0.2, -0.15) is 0 Å².